The van der Waals surface area contributed by atoms with Gasteiger partial charge in [0.05, 0.1) is 18.1 Å². The minimum absolute atomic E-state index is 0.256. The second kappa shape index (κ2) is 12.9. The van der Waals surface area contributed by atoms with Crippen molar-refractivity contribution in [3.05, 3.63) is 71.5 Å². The molecule has 2 aliphatic rings. The van der Waals surface area contributed by atoms with E-state index in [9.17, 15) is 23.6 Å². The highest BCUT2D eigenvalue weighted by Gasteiger charge is 2.42. The highest BCUT2D eigenvalue weighted by Crippen LogP contribution is 2.37. The van der Waals surface area contributed by atoms with E-state index in [4.69, 9.17) is 9.47 Å². The molecule has 0 aromatic heterocycles. The lowest BCUT2D eigenvalue weighted by Crippen LogP contribution is -2.58. The Bertz CT molecular complexity index is 1300. The van der Waals surface area contributed by atoms with E-state index >= 15 is 0 Å². The van der Waals surface area contributed by atoms with Crippen molar-refractivity contribution < 1.29 is 33.0 Å². The van der Waals surface area contributed by atoms with Crippen LogP contribution < -0.4 is 0 Å². The van der Waals surface area contributed by atoms with Crippen LogP contribution in [0.5, 0.6) is 0 Å². The molecule has 226 valence electrons. The van der Waals surface area contributed by atoms with E-state index in [-0.39, 0.29) is 18.2 Å². The van der Waals surface area contributed by atoms with Gasteiger partial charge in [-0.25, -0.2) is 14.0 Å². The molecule has 0 radical (unpaired) electrons. The largest absolute Gasteiger partial charge is 0.444 e. The lowest BCUT2D eigenvalue weighted by molar-refractivity contribution is -0.137. The van der Waals surface area contributed by atoms with E-state index in [0.29, 0.717) is 37.9 Å². The van der Waals surface area contributed by atoms with Crippen LogP contribution in [-0.4, -0.2) is 82.0 Å². The van der Waals surface area contributed by atoms with Crippen molar-refractivity contribution in [3.8, 4) is 0 Å². The number of carbonyl (C=O) groups is 4. The maximum Gasteiger partial charge on any atom is 0.410 e. The molecule has 0 spiro atoms. The van der Waals surface area contributed by atoms with Crippen LogP contribution in [0.2, 0.25) is 0 Å². The van der Waals surface area contributed by atoms with E-state index in [1.165, 1.54) is 17.0 Å². The monoisotopic (exact) mass is 581 g/mol. The Hall–Kier alpha value is -3.95. The number of benzene rings is 2. The number of piperazine rings is 1. The molecule has 2 aromatic rings. The number of amides is 3. The van der Waals surface area contributed by atoms with Crippen LogP contribution in [0.3, 0.4) is 0 Å². The molecule has 2 fully saturated rings. The minimum Gasteiger partial charge on any atom is -0.444 e. The van der Waals surface area contributed by atoms with Crippen LogP contribution >= 0.6 is 0 Å². The van der Waals surface area contributed by atoms with Gasteiger partial charge in [0, 0.05) is 25.2 Å². The lowest BCUT2D eigenvalue weighted by atomic mass is 9.88. The molecule has 0 saturated carbocycles. The molecule has 0 aliphatic carbocycles. The average molecular weight is 582 g/mol. The van der Waals surface area contributed by atoms with Gasteiger partial charge in [0.1, 0.15) is 17.5 Å². The fourth-order valence-electron chi connectivity index (χ4n) is 5.68. The Balaban J connectivity index is 1.52. The third kappa shape index (κ3) is 7.27. The molecule has 2 aromatic carbocycles. The van der Waals surface area contributed by atoms with Gasteiger partial charge in [0.2, 0.25) is 5.78 Å². The maximum absolute atomic E-state index is 14.2. The number of likely N-dealkylation sites (tertiary alicyclic amines) is 1. The van der Waals surface area contributed by atoms with Gasteiger partial charge in [0.25, 0.3) is 5.91 Å². The van der Waals surface area contributed by atoms with Crippen molar-refractivity contribution >= 4 is 23.9 Å². The van der Waals surface area contributed by atoms with Crippen molar-refractivity contribution in [2.24, 2.45) is 0 Å². The fraction of sp³-hybridized carbons (Fsp3) is 0.500. The summed E-state index contributed by atoms with van der Waals surface area (Å²) in [5.74, 6) is -1.83. The molecular formula is C32H40FN3O6. The Morgan fingerprint density at radius 1 is 0.952 bits per heavy atom. The van der Waals surface area contributed by atoms with E-state index in [0.717, 1.165) is 0 Å². The molecular weight excluding hydrogens is 541 g/mol. The van der Waals surface area contributed by atoms with Crippen molar-refractivity contribution in [3.63, 3.8) is 0 Å². The van der Waals surface area contributed by atoms with E-state index in [1.54, 1.807) is 80.0 Å². The number of nitrogens with zero attached hydrogens (tertiary/aromatic N) is 3. The van der Waals surface area contributed by atoms with Gasteiger partial charge >= 0.3 is 12.2 Å². The standard InChI is InChI=1S/C32H40FN3O6/c1-21-20-34(30(39)42-32(3,4)5)17-18-35(21)31(40)41-22(2)26-15-10-16-27(24-13-9-14-25(33)19-24)36(26)29(38)28(37)23-11-7-6-8-12-23/h6-9,11-14,19,21-22,26-27H,10,15-18,20H2,1-5H3/t21?,22-,26?,27+/m1/s1. The summed E-state index contributed by atoms with van der Waals surface area (Å²) in [5, 5.41) is 0. The second-order valence-corrected chi connectivity index (χ2v) is 12.0. The summed E-state index contributed by atoms with van der Waals surface area (Å²) in [6.07, 6.45) is 0.000380. The van der Waals surface area contributed by atoms with Gasteiger partial charge < -0.3 is 24.2 Å². The van der Waals surface area contributed by atoms with E-state index in [1.807, 2.05) is 6.92 Å². The van der Waals surface area contributed by atoms with Crippen molar-refractivity contribution in [2.45, 2.75) is 83.7 Å². The quantitative estimate of drug-likeness (QED) is 0.337. The number of hydrogen-bond acceptors (Lipinski definition) is 6. The molecule has 2 unspecified atom stereocenters. The molecule has 2 heterocycles. The van der Waals surface area contributed by atoms with Crippen LogP contribution in [-0.2, 0) is 14.3 Å². The van der Waals surface area contributed by atoms with Gasteiger partial charge in [-0.15, -0.1) is 0 Å². The fourth-order valence-corrected chi connectivity index (χ4v) is 5.68. The summed E-state index contributed by atoms with van der Waals surface area (Å²) in [7, 11) is 0. The van der Waals surface area contributed by atoms with E-state index < -0.39 is 53.5 Å². The summed E-state index contributed by atoms with van der Waals surface area (Å²) in [6, 6.07) is 12.8. The van der Waals surface area contributed by atoms with Crippen LogP contribution in [0.4, 0.5) is 14.0 Å². The first kappa shape index (κ1) is 31.0. The van der Waals surface area contributed by atoms with Crippen LogP contribution in [0.15, 0.2) is 54.6 Å². The third-order valence-electron chi connectivity index (χ3n) is 7.71. The average Bonchev–Trinajstić information content (AvgIpc) is 2.95. The van der Waals surface area contributed by atoms with Crippen LogP contribution in [0, 0.1) is 5.82 Å². The second-order valence-electron chi connectivity index (χ2n) is 12.0. The number of hydrogen-bond donors (Lipinski definition) is 0. The van der Waals surface area contributed by atoms with Gasteiger partial charge in [-0.2, -0.15) is 0 Å². The van der Waals surface area contributed by atoms with Crippen molar-refractivity contribution in [1.82, 2.24) is 14.7 Å². The summed E-state index contributed by atoms with van der Waals surface area (Å²) >= 11 is 0. The molecule has 42 heavy (non-hydrogen) atoms. The van der Waals surface area contributed by atoms with E-state index in [2.05, 4.69) is 0 Å². The SMILES string of the molecule is CC1CN(C(=O)OC(C)(C)C)CCN1C(=O)O[C@H](C)C1CCC[C@@H](c2cccc(F)c2)N1C(=O)C(=O)c1ccccc1. The Kier molecular flexibility index (Phi) is 9.53. The molecule has 4 rings (SSSR count). The number of ether oxygens (including phenoxy) is 2. The van der Waals surface area contributed by atoms with Crippen molar-refractivity contribution in [1.29, 1.82) is 0 Å². The first-order valence-electron chi connectivity index (χ1n) is 14.5. The molecule has 0 bridgehead atoms. The topological polar surface area (TPSA) is 96.5 Å². The number of halogens is 1. The minimum atomic E-state index is -0.752. The summed E-state index contributed by atoms with van der Waals surface area (Å²) < 4.78 is 25.6. The molecule has 0 N–H and O–H groups in total. The predicted molar refractivity (Wildman–Crippen MR) is 154 cm³/mol. The zero-order valence-electron chi connectivity index (χ0n) is 24.9. The zero-order valence-corrected chi connectivity index (χ0v) is 24.9. The molecule has 9 nitrogen and oxygen atoms in total. The number of Topliss-reactive ketones (excluding diaryl/α,β-unsaturated/α-hetero) is 1. The highest BCUT2D eigenvalue weighted by molar-refractivity contribution is 6.42. The summed E-state index contributed by atoms with van der Waals surface area (Å²) in [5.41, 5.74) is 0.214. The Morgan fingerprint density at radius 3 is 2.31 bits per heavy atom. The zero-order chi connectivity index (χ0) is 30.6. The van der Waals surface area contributed by atoms with Crippen LogP contribution in [0.25, 0.3) is 0 Å². The Morgan fingerprint density at radius 2 is 1.67 bits per heavy atom. The van der Waals surface area contributed by atoms with Gasteiger partial charge in [0.15, 0.2) is 0 Å². The first-order chi connectivity index (χ1) is 19.9. The lowest BCUT2D eigenvalue weighted by Gasteiger charge is -2.45. The number of piperidine rings is 1. The predicted octanol–water partition coefficient (Wildman–Crippen LogP) is 5.60. The van der Waals surface area contributed by atoms with Crippen molar-refractivity contribution in [2.75, 3.05) is 19.6 Å². The number of ketones is 1. The highest BCUT2D eigenvalue weighted by atomic mass is 19.1. The number of rotatable bonds is 5. The number of carbonyl (C=O) groups excluding carboxylic acids is 4. The van der Waals surface area contributed by atoms with Gasteiger partial charge in [-0.3, -0.25) is 9.59 Å². The van der Waals surface area contributed by atoms with Gasteiger partial charge in [-0.1, -0.05) is 42.5 Å². The third-order valence-corrected chi connectivity index (χ3v) is 7.71. The Labute approximate surface area is 246 Å². The molecule has 2 saturated heterocycles. The first-order valence-corrected chi connectivity index (χ1v) is 14.5. The summed E-state index contributed by atoms with van der Waals surface area (Å²) in [6.45, 7) is 9.79. The molecule has 3 amide bonds. The van der Waals surface area contributed by atoms with Crippen LogP contribution in [0.1, 0.15) is 75.8 Å². The smallest absolute Gasteiger partial charge is 0.410 e. The summed E-state index contributed by atoms with van der Waals surface area (Å²) in [4.78, 5) is 57.6. The molecule has 4 atom stereocenters. The molecule has 2 aliphatic heterocycles. The van der Waals surface area contributed by atoms with Gasteiger partial charge in [-0.05, 0) is 71.6 Å². The normalized spacial score (nSPS) is 21.9. The maximum atomic E-state index is 14.2. The molecule has 10 heteroatoms.